The van der Waals surface area contributed by atoms with Crippen LogP contribution < -0.4 is 9.47 Å². The van der Waals surface area contributed by atoms with Gasteiger partial charge in [-0.05, 0) is 48.2 Å². The van der Waals surface area contributed by atoms with Crippen LogP contribution in [0.4, 0.5) is 0 Å². The molecule has 0 aliphatic rings. The average Bonchev–Trinajstić information content (AvgIpc) is 2.68. The molecule has 4 nitrogen and oxygen atoms in total. The number of hydrogen-bond donors (Lipinski definition) is 0. The first kappa shape index (κ1) is 17.0. The van der Waals surface area contributed by atoms with E-state index in [4.69, 9.17) is 9.47 Å². The van der Waals surface area contributed by atoms with Gasteiger partial charge in [0, 0.05) is 6.20 Å². The lowest BCUT2D eigenvalue weighted by Gasteiger charge is -2.09. The summed E-state index contributed by atoms with van der Waals surface area (Å²) < 4.78 is 11.1. The van der Waals surface area contributed by atoms with E-state index in [2.05, 4.69) is 4.98 Å². The molecule has 3 aromatic rings. The highest BCUT2D eigenvalue weighted by molar-refractivity contribution is 7.98. The van der Waals surface area contributed by atoms with Crippen LogP contribution in [0.25, 0.3) is 0 Å². The van der Waals surface area contributed by atoms with Crippen molar-refractivity contribution in [3.63, 3.8) is 0 Å². The molecule has 1 aromatic heterocycles. The molecule has 0 amide bonds. The van der Waals surface area contributed by atoms with Crippen LogP contribution in [-0.4, -0.2) is 17.2 Å². The van der Waals surface area contributed by atoms with Crippen LogP contribution in [0, 0.1) is 0 Å². The number of hydrogen-bond acceptors (Lipinski definition) is 5. The van der Waals surface area contributed by atoms with Crippen molar-refractivity contribution in [2.75, 3.05) is 6.26 Å². The third-order valence-corrected chi connectivity index (χ3v) is 4.18. The lowest BCUT2D eigenvalue weighted by molar-refractivity contribution is 0.0730. The van der Waals surface area contributed by atoms with Crippen molar-refractivity contribution in [1.82, 2.24) is 4.98 Å². The zero-order chi connectivity index (χ0) is 17.5. The van der Waals surface area contributed by atoms with Gasteiger partial charge in [0.25, 0.3) is 0 Å². The topological polar surface area (TPSA) is 48.4 Å². The number of pyridine rings is 1. The van der Waals surface area contributed by atoms with Crippen molar-refractivity contribution in [3.8, 4) is 11.5 Å². The maximum atomic E-state index is 12.3. The van der Waals surface area contributed by atoms with Gasteiger partial charge in [-0.2, -0.15) is 0 Å². The van der Waals surface area contributed by atoms with Crippen molar-refractivity contribution in [2.45, 2.75) is 11.6 Å². The lowest BCUT2D eigenvalue weighted by Crippen LogP contribution is -2.10. The molecule has 1 heterocycles. The number of rotatable bonds is 6. The van der Waals surface area contributed by atoms with Gasteiger partial charge >= 0.3 is 5.97 Å². The Bertz CT molecular complexity index is 835. The van der Waals surface area contributed by atoms with Crippen molar-refractivity contribution >= 4 is 17.7 Å². The quantitative estimate of drug-likeness (QED) is 0.369. The minimum atomic E-state index is -0.421. The molecular weight excluding hydrogens is 334 g/mol. The summed E-state index contributed by atoms with van der Waals surface area (Å²) in [6.45, 7) is 0.493. The fraction of sp³-hybridized carbons (Fsp3) is 0.100. The number of ether oxygens (including phenoxy) is 2. The van der Waals surface area contributed by atoms with Gasteiger partial charge < -0.3 is 9.47 Å². The summed E-state index contributed by atoms with van der Waals surface area (Å²) in [5.74, 6) is 0.762. The van der Waals surface area contributed by atoms with Gasteiger partial charge in [-0.25, -0.2) is 9.78 Å². The van der Waals surface area contributed by atoms with Crippen LogP contribution in [0.2, 0.25) is 0 Å². The van der Waals surface area contributed by atoms with Crippen LogP contribution >= 0.6 is 11.8 Å². The van der Waals surface area contributed by atoms with Gasteiger partial charge in [0.15, 0.2) is 0 Å². The highest BCUT2D eigenvalue weighted by Gasteiger charge is 2.14. The summed E-state index contributed by atoms with van der Waals surface area (Å²) in [5.41, 5.74) is 1.55. The second kappa shape index (κ2) is 8.35. The minimum absolute atomic E-state index is 0.421. The van der Waals surface area contributed by atoms with E-state index in [9.17, 15) is 4.79 Å². The number of thioether (sulfide) groups is 1. The number of carbonyl (C=O) groups is 1. The number of benzene rings is 2. The molecule has 5 heteroatoms. The smallest absolute Gasteiger partial charge is 0.346 e. The molecule has 0 aliphatic heterocycles. The summed E-state index contributed by atoms with van der Waals surface area (Å²) >= 11 is 1.41. The number of aromatic nitrogens is 1. The zero-order valence-corrected chi connectivity index (χ0v) is 14.5. The molecule has 25 heavy (non-hydrogen) atoms. The molecule has 3 rings (SSSR count). The monoisotopic (exact) mass is 351 g/mol. The average molecular weight is 351 g/mol. The summed E-state index contributed by atoms with van der Waals surface area (Å²) in [5, 5.41) is 0.648. The maximum Gasteiger partial charge on any atom is 0.346 e. The van der Waals surface area contributed by atoms with Gasteiger partial charge in [0.05, 0.1) is 5.56 Å². The first-order valence-corrected chi connectivity index (χ1v) is 8.97. The summed E-state index contributed by atoms with van der Waals surface area (Å²) in [6, 6.07) is 20.4. The van der Waals surface area contributed by atoms with Crippen molar-refractivity contribution in [1.29, 1.82) is 0 Å². The van der Waals surface area contributed by atoms with Gasteiger partial charge in [0.2, 0.25) is 0 Å². The van der Waals surface area contributed by atoms with Crippen LogP contribution in [0.1, 0.15) is 15.9 Å². The number of carbonyl (C=O) groups excluding carboxylic acids is 1. The zero-order valence-electron chi connectivity index (χ0n) is 13.7. The molecule has 0 aliphatic carbocycles. The Morgan fingerprint density at radius 2 is 1.68 bits per heavy atom. The maximum absolute atomic E-state index is 12.3. The molecule has 2 aromatic carbocycles. The van der Waals surface area contributed by atoms with E-state index in [-0.39, 0.29) is 0 Å². The Morgan fingerprint density at radius 1 is 0.960 bits per heavy atom. The van der Waals surface area contributed by atoms with Gasteiger partial charge in [0.1, 0.15) is 23.1 Å². The van der Waals surface area contributed by atoms with Gasteiger partial charge in [-0.15, -0.1) is 11.8 Å². The van der Waals surface area contributed by atoms with Gasteiger partial charge in [-0.1, -0.05) is 30.3 Å². The molecule has 126 valence electrons. The summed E-state index contributed by atoms with van der Waals surface area (Å²) in [4.78, 5) is 16.5. The molecule has 0 spiro atoms. The number of nitrogens with zero attached hydrogens (tertiary/aromatic N) is 1. The first-order valence-electron chi connectivity index (χ1n) is 7.74. The number of esters is 1. The SMILES string of the molecule is CSc1ncccc1C(=O)Oc1ccc(OCc2ccccc2)cc1. The van der Waals surface area contributed by atoms with Crippen molar-refractivity contribution in [3.05, 3.63) is 84.1 Å². The second-order valence-corrected chi connectivity index (χ2v) is 5.99. The highest BCUT2D eigenvalue weighted by Crippen LogP contribution is 2.22. The lowest BCUT2D eigenvalue weighted by atomic mass is 10.2. The summed E-state index contributed by atoms with van der Waals surface area (Å²) in [7, 11) is 0. The van der Waals surface area contributed by atoms with Crippen molar-refractivity contribution in [2.24, 2.45) is 0 Å². The minimum Gasteiger partial charge on any atom is -0.489 e. The summed E-state index contributed by atoms with van der Waals surface area (Å²) in [6.07, 6.45) is 3.53. The van der Waals surface area contributed by atoms with E-state index < -0.39 is 5.97 Å². The third kappa shape index (κ3) is 4.61. The van der Waals surface area contributed by atoms with Crippen LogP contribution in [-0.2, 0) is 6.61 Å². The first-order chi connectivity index (χ1) is 12.3. The normalized spacial score (nSPS) is 10.3. The Hall–Kier alpha value is -2.79. The van der Waals surface area contributed by atoms with E-state index in [1.54, 1.807) is 42.6 Å². The van der Waals surface area contributed by atoms with E-state index in [1.807, 2.05) is 36.6 Å². The van der Waals surface area contributed by atoms with E-state index >= 15 is 0 Å². The van der Waals surface area contributed by atoms with Crippen LogP contribution in [0.15, 0.2) is 78.0 Å². The fourth-order valence-electron chi connectivity index (χ4n) is 2.22. The molecule has 0 unspecified atom stereocenters. The Kier molecular flexibility index (Phi) is 5.69. The predicted octanol–water partition coefficient (Wildman–Crippen LogP) is 4.60. The Balaban J connectivity index is 1.61. The largest absolute Gasteiger partial charge is 0.489 e. The van der Waals surface area contributed by atoms with E-state index in [0.717, 1.165) is 11.3 Å². The molecule has 0 radical (unpaired) electrons. The van der Waals surface area contributed by atoms with E-state index in [1.165, 1.54) is 11.8 Å². The molecule has 0 saturated heterocycles. The molecule has 0 bridgehead atoms. The van der Waals surface area contributed by atoms with E-state index in [0.29, 0.717) is 22.9 Å². The Labute approximate surface area is 150 Å². The second-order valence-electron chi connectivity index (χ2n) is 5.20. The van der Waals surface area contributed by atoms with Crippen LogP contribution in [0.5, 0.6) is 11.5 Å². The molecule has 0 saturated carbocycles. The fourth-order valence-corrected chi connectivity index (χ4v) is 2.75. The van der Waals surface area contributed by atoms with Crippen molar-refractivity contribution < 1.29 is 14.3 Å². The predicted molar refractivity (Wildman–Crippen MR) is 98.2 cm³/mol. The molecule has 0 atom stereocenters. The highest BCUT2D eigenvalue weighted by atomic mass is 32.2. The molecule has 0 fully saturated rings. The van der Waals surface area contributed by atoms with Gasteiger partial charge in [-0.3, -0.25) is 0 Å². The molecule has 0 N–H and O–H groups in total. The van der Waals surface area contributed by atoms with Crippen LogP contribution in [0.3, 0.4) is 0 Å². The third-order valence-electron chi connectivity index (χ3n) is 3.47. The standard InChI is InChI=1S/C20H17NO3S/c1-25-19-18(8-5-13-21-19)20(22)24-17-11-9-16(10-12-17)23-14-15-6-3-2-4-7-15/h2-13H,14H2,1H3. The Morgan fingerprint density at radius 3 is 2.40 bits per heavy atom. The molecular formula is C20H17NO3S.